The monoisotopic (exact) mass is 238 g/mol. The zero-order chi connectivity index (χ0) is 11.4. The summed E-state index contributed by atoms with van der Waals surface area (Å²) in [6, 6.07) is 4.21. The second-order valence-electron chi connectivity index (χ2n) is 4.97. The molecule has 90 valence electrons. The minimum atomic E-state index is -0.121. The number of hydrogen-bond donors (Lipinski definition) is 1. The maximum atomic E-state index is 10.4. The zero-order valence-electron chi connectivity index (χ0n) is 10.1. The van der Waals surface area contributed by atoms with Crippen molar-refractivity contribution >= 4 is 11.3 Å². The standard InChI is InChI=1S/C14H22OS/c1-2-11-6-3-4-8-13(11)14(15)10-12-7-5-9-16-12/h5,7,9,11,13-15H,2-4,6,8,10H2,1H3. The smallest absolute Gasteiger partial charge is 0.0619 e. The maximum Gasteiger partial charge on any atom is 0.0619 e. The van der Waals surface area contributed by atoms with E-state index in [4.69, 9.17) is 0 Å². The van der Waals surface area contributed by atoms with Crippen LogP contribution >= 0.6 is 11.3 Å². The minimum Gasteiger partial charge on any atom is -0.392 e. The quantitative estimate of drug-likeness (QED) is 0.844. The van der Waals surface area contributed by atoms with Gasteiger partial charge in [0.25, 0.3) is 0 Å². The van der Waals surface area contributed by atoms with Crippen molar-refractivity contribution in [3.05, 3.63) is 22.4 Å². The fourth-order valence-corrected chi connectivity index (χ4v) is 3.79. The van der Waals surface area contributed by atoms with E-state index >= 15 is 0 Å². The molecule has 1 aromatic heterocycles. The molecule has 2 heteroatoms. The van der Waals surface area contributed by atoms with E-state index in [0.717, 1.165) is 12.3 Å². The van der Waals surface area contributed by atoms with E-state index in [2.05, 4.69) is 24.4 Å². The summed E-state index contributed by atoms with van der Waals surface area (Å²) in [6.07, 6.45) is 7.19. The molecule has 0 spiro atoms. The van der Waals surface area contributed by atoms with E-state index < -0.39 is 0 Å². The van der Waals surface area contributed by atoms with Crippen molar-refractivity contribution < 1.29 is 5.11 Å². The van der Waals surface area contributed by atoms with Crippen molar-refractivity contribution in [1.29, 1.82) is 0 Å². The molecule has 0 amide bonds. The summed E-state index contributed by atoms with van der Waals surface area (Å²) >= 11 is 1.76. The molecule has 0 aliphatic heterocycles. The summed E-state index contributed by atoms with van der Waals surface area (Å²) in [4.78, 5) is 1.33. The Morgan fingerprint density at radius 3 is 2.94 bits per heavy atom. The van der Waals surface area contributed by atoms with Gasteiger partial charge in [-0.25, -0.2) is 0 Å². The molecule has 1 saturated carbocycles. The first-order chi connectivity index (χ1) is 7.81. The lowest BCUT2D eigenvalue weighted by Gasteiger charge is -2.34. The van der Waals surface area contributed by atoms with Crippen LogP contribution in [0.1, 0.15) is 43.9 Å². The van der Waals surface area contributed by atoms with Crippen molar-refractivity contribution in [3.63, 3.8) is 0 Å². The molecule has 0 saturated heterocycles. The van der Waals surface area contributed by atoms with E-state index in [1.807, 2.05) is 0 Å². The highest BCUT2D eigenvalue weighted by Gasteiger charge is 2.29. The van der Waals surface area contributed by atoms with E-state index in [-0.39, 0.29) is 6.10 Å². The van der Waals surface area contributed by atoms with Crippen molar-refractivity contribution in [2.24, 2.45) is 11.8 Å². The van der Waals surface area contributed by atoms with Gasteiger partial charge in [0.15, 0.2) is 0 Å². The van der Waals surface area contributed by atoms with Gasteiger partial charge in [-0.05, 0) is 29.7 Å². The van der Waals surface area contributed by atoms with Gasteiger partial charge in [0.05, 0.1) is 6.10 Å². The predicted octanol–water partition coefficient (Wildman–Crippen LogP) is 3.87. The molecule has 16 heavy (non-hydrogen) atoms. The molecule has 0 aromatic carbocycles. The third kappa shape index (κ3) is 2.86. The lowest BCUT2D eigenvalue weighted by atomic mass is 9.74. The van der Waals surface area contributed by atoms with Crippen LogP contribution in [0.4, 0.5) is 0 Å². The summed E-state index contributed by atoms with van der Waals surface area (Å²) in [5.74, 6) is 1.30. The predicted molar refractivity (Wildman–Crippen MR) is 69.8 cm³/mol. The summed E-state index contributed by atoms with van der Waals surface area (Å²) in [5.41, 5.74) is 0. The van der Waals surface area contributed by atoms with Gasteiger partial charge >= 0.3 is 0 Å². The van der Waals surface area contributed by atoms with Crippen LogP contribution in [0.3, 0.4) is 0 Å². The SMILES string of the molecule is CCC1CCCCC1C(O)Cc1cccs1. The highest BCUT2D eigenvalue weighted by Crippen LogP contribution is 2.35. The summed E-state index contributed by atoms with van der Waals surface area (Å²) in [7, 11) is 0. The van der Waals surface area contributed by atoms with Crippen LogP contribution in [0.2, 0.25) is 0 Å². The van der Waals surface area contributed by atoms with Gasteiger partial charge in [-0.2, -0.15) is 0 Å². The fraction of sp³-hybridized carbons (Fsp3) is 0.714. The molecule has 1 N–H and O–H groups in total. The van der Waals surface area contributed by atoms with Crippen molar-refractivity contribution in [2.45, 2.75) is 51.6 Å². The van der Waals surface area contributed by atoms with Crippen LogP contribution in [-0.2, 0) is 6.42 Å². The van der Waals surface area contributed by atoms with Crippen molar-refractivity contribution in [3.8, 4) is 0 Å². The second kappa shape index (κ2) is 5.83. The third-order valence-electron chi connectivity index (χ3n) is 3.98. The van der Waals surface area contributed by atoms with Crippen LogP contribution in [0.15, 0.2) is 17.5 Å². The Hall–Kier alpha value is -0.340. The van der Waals surface area contributed by atoms with Crippen molar-refractivity contribution in [2.75, 3.05) is 0 Å². The van der Waals surface area contributed by atoms with Crippen LogP contribution < -0.4 is 0 Å². The normalized spacial score (nSPS) is 27.9. The van der Waals surface area contributed by atoms with Gasteiger partial charge in [0.1, 0.15) is 0 Å². The van der Waals surface area contributed by atoms with Crippen LogP contribution in [0, 0.1) is 11.8 Å². The number of hydrogen-bond acceptors (Lipinski definition) is 2. The summed E-state index contributed by atoms with van der Waals surface area (Å²) < 4.78 is 0. The first kappa shape index (κ1) is 12.1. The average molecular weight is 238 g/mol. The van der Waals surface area contributed by atoms with Crippen LogP contribution in [0.25, 0.3) is 0 Å². The van der Waals surface area contributed by atoms with E-state index in [9.17, 15) is 5.11 Å². The Labute approximate surface area is 103 Å². The molecule has 0 radical (unpaired) electrons. The highest BCUT2D eigenvalue weighted by molar-refractivity contribution is 7.09. The minimum absolute atomic E-state index is 0.121. The molecule has 3 unspecified atom stereocenters. The Balaban J connectivity index is 1.94. The van der Waals surface area contributed by atoms with E-state index in [1.54, 1.807) is 11.3 Å². The number of thiophene rings is 1. The molecule has 1 heterocycles. The molecule has 1 aromatic rings. The largest absolute Gasteiger partial charge is 0.392 e. The fourth-order valence-electron chi connectivity index (χ4n) is 3.04. The lowest BCUT2D eigenvalue weighted by molar-refractivity contribution is 0.0470. The molecular weight excluding hydrogens is 216 g/mol. The number of aliphatic hydroxyl groups is 1. The molecular formula is C14H22OS. The Morgan fingerprint density at radius 2 is 2.25 bits per heavy atom. The number of rotatable bonds is 4. The zero-order valence-corrected chi connectivity index (χ0v) is 10.9. The molecule has 2 rings (SSSR count). The molecule has 1 fully saturated rings. The van der Waals surface area contributed by atoms with E-state index in [1.165, 1.54) is 37.0 Å². The molecule has 3 atom stereocenters. The van der Waals surface area contributed by atoms with Crippen LogP contribution in [-0.4, -0.2) is 11.2 Å². The Bertz CT molecular complexity index is 294. The molecule has 1 nitrogen and oxygen atoms in total. The van der Waals surface area contributed by atoms with Gasteiger partial charge in [-0.15, -0.1) is 11.3 Å². The lowest BCUT2D eigenvalue weighted by Crippen LogP contribution is -2.31. The van der Waals surface area contributed by atoms with Gasteiger partial charge in [0, 0.05) is 11.3 Å². The second-order valence-corrected chi connectivity index (χ2v) is 6.00. The summed E-state index contributed by atoms with van der Waals surface area (Å²) in [5, 5.41) is 12.5. The number of aliphatic hydroxyl groups excluding tert-OH is 1. The van der Waals surface area contributed by atoms with E-state index in [0.29, 0.717) is 5.92 Å². The Morgan fingerprint density at radius 1 is 1.44 bits per heavy atom. The maximum absolute atomic E-state index is 10.4. The Kier molecular flexibility index (Phi) is 4.42. The van der Waals surface area contributed by atoms with Crippen molar-refractivity contribution in [1.82, 2.24) is 0 Å². The summed E-state index contributed by atoms with van der Waals surface area (Å²) in [6.45, 7) is 2.26. The van der Waals surface area contributed by atoms with Gasteiger partial charge in [-0.1, -0.05) is 38.7 Å². The molecule has 0 bridgehead atoms. The average Bonchev–Trinajstić information content (AvgIpc) is 2.81. The highest BCUT2D eigenvalue weighted by atomic mass is 32.1. The molecule has 1 aliphatic carbocycles. The van der Waals surface area contributed by atoms with Gasteiger partial charge in [0.2, 0.25) is 0 Å². The van der Waals surface area contributed by atoms with Gasteiger partial charge in [-0.3, -0.25) is 0 Å². The first-order valence-corrected chi connectivity index (χ1v) is 7.39. The first-order valence-electron chi connectivity index (χ1n) is 6.51. The van der Waals surface area contributed by atoms with Gasteiger partial charge < -0.3 is 5.11 Å². The van der Waals surface area contributed by atoms with Crippen LogP contribution in [0.5, 0.6) is 0 Å². The molecule has 1 aliphatic rings. The topological polar surface area (TPSA) is 20.2 Å². The third-order valence-corrected chi connectivity index (χ3v) is 4.88.